The first kappa shape index (κ1) is 19.7. The van der Waals surface area contributed by atoms with Gasteiger partial charge in [0.2, 0.25) is 5.13 Å². The number of rotatable bonds is 5. The molecule has 8 nitrogen and oxygen atoms in total. The topological polar surface area (TPSA) is 106 Å². The molecule has 3 aromatic rings. The van der Waals surface area contributed by atoms with Crippen molar-refractivity contribution in [1.82, 2.24) is 15.2 Å². The fourth-order valence-electron chi connectivity index (χ4n) is 3.34. The average Bonchev–Trinajstić information content (AvgIpc) is 3.29. The lowest BCUT2D eigenvalue weighted by atomic mass is 9.95. The van der Waals surface area contributed by atoms with Gasteiger partial charge in [-0.15, -0.1) is 10.2 Å². The molecule has 1 N–H and O–H groups in total. The third kappa shape index (κ3) is 3.43. The highest BCUT2D eigenvalue weighted by Crippen LogP contribution is 2.43. The van der Waals surface area contributed by atoms with Crippen LogP contribution in [0.5, 0.6) is 5.75 Å². The Morgan fingerprint density at radius 2 is 1.97 bits per heavy atom. The smallest absolute Gasteiger partial charge is 0.301 e. The van der Waals surface area contributed by atoms with E-state index >= 15 is 0 Å². The number of carbonyl (C=O) groups is 2. The van der Waals surface area contributed by atoms with Crippen LogP contribution in [0.1, 0.15) is 29.1 Å². The van der Waals surface area contributed by atoms with E-state index < -0.39 is 17.7 Å². The number of carbonyl (C=O) groups excluding carboxylic acids is 2. The molecule has 1 aliphatic heterocycles. The number of aromatic nitrogens is 3. The molecule has 1 aliphatic rings. The second-order valence-corrected chi connectivity index (χ2v) is 7.67. The summed E-state index contributed by atoms with van der Waals surface area (Å²) in [6.45, 7) is 4.10. The lowest BCUT2D eigenvalue weighted by Crippen LogP contribution is -2.29. The molecule has 1 fully saturated rings. The van der Waals surface area contributed by atoms with Gasteiger partial charge in [0.1, 0.15) is 16.5 Å². The minimum atomic E-state index is -0.870. The number of ketones is 1. The number of Topliss-reactive ketones (excluding diaryl/α,β-unsaturated/α-hetero) is 1. The van der Waals surface area contributed by atoms with Crippen LogP contribution < -0.4 is 9.64 Å². The SMILES string of the molecule is CCOc1cccc(C2C(=C(O)c3ccncc3)C(=O)C(=O)N2c2nnc(C)s2)c1. The van der Waals surface area contributed by atoms with Crippen molar-refractivity contribution in [1.29, 1.82) is 0 Å². The van der Waals surface area contributed by atoms with Crippen LogP contribution in [0.2, 0.25) is 0 Å². The number of amides is 1. The summed E-state index contributed by atoms with van der Waals surface area (Å²) in [5.41, 5.74) is 0.985. The van der Waals surface area contributed by atoms with Gasteiger partial charge in [0.15, 0.2) is 0 Å². The van der Waals surface area contributed by atoms with Crippen molar-refractivity contribution in [3.8, 4) is 5.75 Å². The Labute approximate surface area is 176 Å². The van der Waals surface area contributed by atoms with E-state index in [9.17, 15) is 14.7 Å². The van der Waals surface area contributed by atoms with E-state index in [2.05, 4.69) is 15.2 Å². The van der Waals surface area contributed by atoms with Crippen molar-refractivity contribution in [3.63, 3.8) is 0 Å². The highest BCUT2D eigenvalue weighted by Gasteiger charge is 2.48. The Kier molecular flexibility index (Phi) is 5.28. The fraction of sp³-hybridized carbons (Fsp3) is 0.190. The predicted octanol–water partition coefficient (Wildman–Crippen LogP) is 3.27. The third-order valence-electron chi connectivity index (χ3n) is 4.60. The molecular formula is C21H18N4O4S. The van der Waals surface area contributed by atoms with Gasteiger partial charge in [-0.25, -0.2) is 0 Å². The van der Waals surface area contributed by atoms with Crippen molar-refractivity contribution < 1.29 is 19.4 Å². The number of benzene rings is 1. The van der Waals surface area contributed by atoms with Crippen LogP contribution in [0.25, 0.3) is 5.76 Å². The maximum absolute atomic E-state index is 13.0. The van der Waals surface area contributed by atoms with Crippen LogP contribution in [0.15, 0.2) is 54.4 Å². The molecule has 1 unspecified atom stereocenters. The van der Waals surface area contributed by atoms with E-state index in [-0.39, 0.29) is 16.5 Å². The zero-order chi connectivity index (χ0) is 21.3. The third-order valence-corrected chi connectivity index (χ3v) is 5.44. The molecule has 1 saturated heterocycles. The van der Waals surface area contributed by atoms with Crippen molar-refractivity contribution in [3.05, 3.63) is 70.5 Å². The van der Waals surface area contributed by atoms with Crippen LogP contribution in [0, 0.1) is 6.92 Å². The number of aliphatic hydroxyl groups excluding tert-OH is 1. The summed E-state index contributed by atoms with van der Waals surface area (Å²) in [7, 11) is 0. The van der Waals surface area contributed by atoms with E-state index in [1.54, 1.807) is 43.3 Å². The monoisotopic (exact) mass is 422 g/mol. The Hall–Kier alpha value is -3.59. The predicted molar refractivity (Wildman–Crippen MR) is 111 cm³/mol. The largest absolute Gasteiger partial charge is 0.507 e. The van der Waals surface area contributed by atoms with Gasteiger partial charge in [0.05, 0.1) is 18.2 Å². The minimum absolute atomic E-state index is 0.0206. The number of hydrogen-bond acceptors (Lipinski definition) is 8. The summed E-state index contributed by atoms with van der Waals surface area (Å²) in [5, 5.41) is 19.9. The van der Waals surface area contributed by atoms with Crippen LogP contribution in [0.3, 0.4) is 0 Å². The molecule has 30 heavy (non-hydrogen) atoms. The van der Waals surface area contributed by atoms with Crippen LogP contribution in [-0.2, 0) is 9.59 Å². The molecular weight excluding hydrogens is 404 g/mol. The molecule has 1 amide bonds. The van der Waals surface area contributed by atoms with Crippen LogP contribution in [-0.4, -0.2) is 38.6 Å². The molecule has 0 radical (unpaired) electrons. The van der Waals surface area contributed by atoms with Gasteiger partial charge < -0.3 is 9.84 Å². The molecule has 1 aromatic carbocycles. The van der Waals surface area contributed by atoms with Crippen LogP contribution >= 0.6 is 11.3 Å². The van der Waals surface area contributed by atoms with E-state index in [0.29, 0.717) is 28.5 Å². The van der Waals surface area contributed by atoms with Gasteiger partial charge in [0.25, 0.3) is 5.78 Å². The Morgan fingerprint density at radius 3 is 2.63 bits per heavy atom. The summed E-state index contributed by atoms with van der Waals surface area (Å²) < 4.78 is 5.58. The van der Waals surface area contributed by atoms with Crippen molar-refractivity contribution in [2.24, 2.45) is 0 Å². The van der Waals surface area contributed by atoms with Gasteiger partial charge in [-0.1, -0.05) is 23.5 Å². The summed E-state index contributed by atoms with van der Waals surface area (Å²) in [6, 6.07) is 9.37. The number of ether oxygens (including phenoxy) is 1. The maximum Gasteiger partial charge on any atom is 0.301 e. The summed E-state index contributed by atoms with van der Waals surface area (Å²) in [6.07, 6.45) is 3.01. The number of hydrogen-bond donors (Lipinski definition) is 1. The number of anilines is 1. The fourth-order valence-corrected chi connectivity index (χ4v) is 4.05. The van der Waals surface area contributed by atoms with Crippen LogP contribution in [0.4, 0.5) is 5.13 Å². The average molecular weight is 422 g/mol. The zero-order valence-corrected chi connectivity index (χ0v) is 17.1. The molecule has 0 aliphatic carbocycles. The standard InChI is InChI=1S/C21H18N4O4S/c1-3-29-15-6-4-5-14(11-15)17-16(18(26)13-7-9-22-10-8-13)19(27)20(28)25(17)21-24-23-12(2)30-21/h4-11,17,26H,3H2,1-2H3. The van der Waals surface area contributed by atoms with Gasteiger partial charge in [-0.3, -0.25) is 19.5 Å². The van der Waals surface area contributed by atoms with Crippen molar-refractivity contribution >= 4 is 33.9 Å². The molecule has 1 atom stereocenters. The Balaban J connectivity index is 1.93. The molecule has 3 heterocycles. The quantitative estimate of drug-likeness (QED) is 0.382. The minimum Gasteiger partial charge on any atom is -0.507 e. The lowest BCUT2D eigenvalue weighted by molar-refractivity contribution is -0.132. The van der Waals surface area contributed by atoms with Crippen molar-refractivity contribution in [2.45, 2.75) is 19.9 Å². The highest BCUT2D eigenvalue weighted by molar-refractivity contribution is 7.15. The summed E-state index contributed by atoms with van der Waals surface area (Å²) in [5.74, 6) is -1.23. The Bertz CT molecular complexity index is 1140. The normalized spacial score (nSPS) is 18.1. The first-order valence-corrected chi connectivity index (χ1v) is 10.1. The van der Waals surface area contributed by atoms with E-state index in [1.807, 2.05) is 6.92 Å². The van der Waals surface area contributed by atoms with Gasteiger partial charge in [0, 0.05) is 18.0 Å². The maximum atomic E-state index is 13.0. The lowest BCUT2D eigenvalue weighted by Gasteiger charge is -2.23. The van der Waals surface area contributed by atoms with E-state index in [1.165, 1.54) is 28.6 Å². The van der Waals surface area contributed by atoms with Crippen molar-refractivity contribution in [2.75, 3.05) is 11.5 Å². The second kappa shape index (κ2) is 8.03. The second-order valence-electron chi connectivity index (χ2n) is 6.51. The highest BCUT2D eigenvalue weighted by atomic mass is 32.1. The summed E-state index contributed by atoms with van der Waals surface area (Å²) >= 11 is 1.20. The zero-order valence-electron chi connectivity index (χ0n) is 16.3. The molecule has 0 saturated carbocycles. The molecule has 0 spiro atoms. The number of aliphatic hydroxyl groups is 1. The number of nitrogens with zero attached hydrogens (tertiary/aromatic N) is 4. The van der Waals surface area contributed by atoms with Gasteiger partial charge in [-0.2, -0.15) is 0 Å². The first-order chi connectivity index (χ1) is 14.5. The van der Waals surface area contributed by atoms with Gasteiger partial charge in [-0.05, 0) is 43.7 Å². The molecule has 9 heteroatoms. The van der Waals surface area contributed by atoms with E-state index in [4.69, 9.17) is 4.74 Å². The van der Waals surface area contributed by atoms with E-state index in [0.717, 1.165) is 0 Å². The van der Waals surface area contributed by atoms with Gasteiger partial charge >= 0.3 is 5.91 Å². The molecule has 4 rings (SSSR count). The Morgan fingerprint density at radius 1 is 1.20 bits per heavy atom. The molecule has 2 aromatic heterocycles. The number of aryl methyl sites for hydroxylation is 1. The summed E-state index contributed by atoms with van der Waals surface area (Å²) in [4.78, 5) is 31.2. The number of pyridine rings is 1. The molecule has 0 bridgehead atoms. The first-order valence-electron chi connectivity index (χ1n) is 9.25. The molecule has 152 valence electrons.